The number of hydrogen-bond acceptors (Lipinski definition) is 5. The number of H-pyrrole nitrogens is 1. The lowest BCUT2D eigenvalue weighted by molar-refractivity contribution is 0.496. The van der Waals surface area contributed by atoms with Crippen molar-refractivity contribution in [3.05, 3.63) is 20.8 Å². The van der Waals surface area contributed by atoms with E-state index in [1.54, 1.807) is 18.5 Å². The van der Waals surface area contributed by atoms with Gasteiger partial charge in [-0.3, -0.25) is 18.9 Å². The molecule has 2 aromatic heterocycles. The largest absolute Gasteiger partial charge is 0.341 e. The number of nitrogens with one attached hydrogen (secondary N) is 1. The van der Waals surface area contributed by atoms with Crippen molar-refractivity contribution < 1.29 is 0 Å². The minimum absolute atomic E-state index is 0.0800. The van der Waals surface area contributed by atoms with Crippen molar-refractivity contribution in [2.45, 2.75) is 32.4 Å². The van der Waals surface area contributed by atoms with Gasteiger partial charge in [0.1, 0.15) is 0 Å². The second kappa shape index (κ2) is 5.93. The molecule has 122 valence electrons. The van der Waals surface area contributed by atoms with E-state index in [1.807, 2.05) is 0 Å². The summed E-state index contributed by atoms with van der Waals surface area (Å²) in [5.74, 6) is 6.45. The summed E-state index contributed by atoms with van der Waals surface area (Å²) in [7, 11) is 1.59. The van der Waals surface area contributed by atoms with E-state index < -0.39 is 11.2 Å². The molecule has 1 aliphatic heterocycles. The van der Waals surface area contributed by atoms with Gasteiger partial charge in [-0.1, -0.05) is 5.92 Å². The molecule has 8 nitrogen and oxygen atoms in total. The summed E-state index contributed by atoms with van der Waals surface area (Å²) in [6, 6.07) is 0.0800. The number of imidazole rings is 1. The molecule has 3 heterocycles. The van der Waals surface area contributed by atoms with E-state index in [-0.39, 0.29) is 6.04 Å². The summed E-state index contributed by atoms with van der Waals surface area (Å²) >= 11 is 0. The summed E-state index contributed by atoms with van der Waals surface area (Å²) in [5, 5.41) is 0. The Morgan fingerprint density at radius 2 is 2.22 bits per heavy atom. The molecule has 3 N–H and O–H groups in total. The minimum Gasteiger partial charge on any atom is -0.341 e. The summed E-state index contributed by atoms with van der Waals surface area (Å²) in [6.45, 7) is 3.59. The molecule has 1 fully saturated rings. The van der Waals surface area contributed by atoms with Gasteiger partial charge in [-0.05, 0) is 19.8 Å². The Bertz CT molecular complexity index is 910. The van der Waals surface area contributed by atoms with Crippen molar-refractivity contribution in [1.82, 2.24) is 19.1 Å². The minimum atomic E-state index is -0.476. The quantitative estimate of drug-likeness (QED) is 0.719. The fourth-order valence-corrected chi connectivity index (χ4v) is 2.96. The van der Waals surface area contributed by atoms with Crippen molar-refractivity contribution in [3.8, 4) is 11.8 Å². The van der Waals surface area contributed by atoms with E-state index in [2.05, 4.69) is 26.7 Å². The van der Waals surface area contributed by atoms with Crippen LogP contribution in [0.15, 0.2) is 9.59 Å². The molecule has 1 aliphatic rings. The van der Waals surface area contributed by atoms with E-state index in [4.69, 9.17) is 5.73 Å². The number of piperidine rings is 1. The molecule has 23 heavy (non-hydrogen) atoms. The van der Waals surface area contributed by atoms with Gasteiger partial charge in [-0.2, -0.15) is 4.98 Å². The number of rotatable bonds is 2. The van der Waals surface area contributed by atoms with Crippen LogP contribution in [0.25, 0.3) is 11.2 Å². The Hall–Kier alpha value is -2.53. The van der Waals surface area contributed by atoms with Crippen molar-refractivity contribution in [2.75, 3.05) is 18.0 Å². The van der Waals surface area contributed by atoms with Gasteiger partial charge < -0.3 is 10.6 Å². The third-order valence-corrected chi connectivity index (χ3v) is 4.14. The molecule has 0 aromatic carbocycles. The Morgan fingerprint density at radius 3 is 2.91 bits per heavy atom. The van der Waals surface area contributed by atoms with Crippen LogP contribution in [0, 0.1) is 11.8 Å². The zero-order valence-electron chi connectivity index (χ0n) is 13.3. The first-order chi connectivity index (χ1) is 11.0. The summed E-state index contributed by atoms with van der Waals surface area (Å²) < 4.78 is 3.11. The topological polar surface area (TPSA) is 102 Å². The molecule has 1 unspecified atom stereocenters. The molecule has 8 heteroatoms. The van der Waals surface area contributed by atoms with Gasteiger partial charge in [0.2, 0.25) is 5.95 Å². The predicted molar refractivity (Wildman–Crippen MR) is 88.5 cm³/mol. The number of anilines is 1. The molecule has 0 radical (unpaired) electrons. The number of aromatic amines is 1. The lowest BCUT2D eigenvalue weighted by atomic mass is 10.1. The smallest absolute Gasteiger partial charge is 0.329 e. The third-order valence-electron chi connectivity index (χ3n) is 4.14. The van der Waals surface area contributed by atoms with Crippen LogP contribution in [0.2, 0.25) is 0 Å². The summed E-state index contributed by atoms with van der Waals surface area (Å²) in [4.78, 5) is 33.0. The van der Waals surface area contributed by atoms with Crippen molar-refractivity contribution in [1.29, 1.82) is 0 Å². The summed E-state index contributed by atoms with van der Waals surface area (Å²) in [5.41, 5.74) is 5.87. The number of fused-ring (bicyclic) bond motifs is 1. The number of nitrogens with zero attached hydrogens (tertiary/aromatic N) is 4. The Morgan fingerprint density at radius 1 is 1.43 bits per heavy atom. The zero-order chi connectivity index (χ0) is 16.6. The van der Waals surface area contributed by atoms with Crippen molar-refractivity contribution in [2.24, 2.45) is 12.8 Å². The highest BCUT2D eigenvalue weighted by Gasteiger charge is 2.24. The van der Waals surface area contributed by atoms with Crippen LogP contribution in [-0.2, 0) is 13.6 Å². The van der Waals surface area contributed by atoms with Crippen LogP contribution >= 0.6 is 0 Å². The second-order valence-corrected chi connectivity index (χ2v) is 5.76. The first kappa shape index (κ1) is 15.4. The molecule has 1 atom stereocenters. The molecule has 0 spiro atoms. The third kappa shape index (κ3) is 2.64. The van der Waals surface area contributed by atoms with E-state index in [0.29, 0.717) is 30.2 Å². The number of hydrogen-bond donors (Lipinski definition) is 2. The van der Waals surface area contributed by atoms with E-state index >= 15 is 0 Å². The number of aromatic nitrogens is 4. The second-order valence-electron chi connectivity index (χ2n) is 5.76. The first-order valence-corrected chi connectivity index (χ1v) is 7.62. The van der Waals surface area contributed by atoms with Gasteiger partial charge in [0.25, 0.3) is 5.56 Å². The first-order valence-electron chi connectivity index (χ1n) is 7.62. The van der Waals surface area contributed by atoms with Gasteiger partial charge >= 0.3 is 5.69 Å². The fourth-order valence-electron chi connectivity index (χ4n) is 2.96. The highest BCUT2D eigenvalue weighted by atomic mass is 16.2. The molecule has 0 aliphatic carbocycles. The molecule has 0 bridgehead atoms. The standard InChI is InChI=1S/C15H20N6O2/c1-3-4-8-21-11-12(19(2)15(23)18-13(11)22)17-14(21)20-7-5-6-10(16)9-20/h10H,5-9,16H2,1-2H3,(H,18,22,23). The van der Waals surface area contributed by atoms with Gasteiger partial charge in [0, 0.05) is 26.2 Å². The lowest BCUT2D eigenvalue weighted by Crippen LogP contribution is -2.44. The van der Waals surface area contributed by atoms with Gasteiger partial charge in [-0.15, -0.1) is 5.92 Å². The normalized spacial score (nSPS) is 18.0. The summed E-state index contributed by atoms with van der Waals surface area (Å²) in [6.07, 6.45) is 1.95. The van der Waals surface area contributed by atoms with Crippen LogP contribution in [0.3, 0.4) is 0 Å². The Kier molecular flexibility index (Phi) is 3.96. The van der Waals surface area contributed by atoms with Crippen LogP contribution < -0.4 is 21.9 Å². The van der Waals surface area contributed by atoms with E-state index in [1.165, 1.54) is 4.57 Å². The van der Waals surface area contributed by atoms with Crippen molar-refractivity contribution >= 4 is 17.1 Å². The van der Waals surface area contributed by atoms with E-state index in [9.17, 15) is 9.59 Å². The molecule has 1 saturated heterocycles. The Balaban J connectivity index is 2.25. The maximum absolute atomic E-state index is 12.3. The van der Waals surface area contributed by atoms with Crippen LogP contribution in [-0.4, -0.2) is 38.2 Å². The van der Waals surface area contributed by atoms with Gasteiger partial charge in [0.05, 0.1) is 6.54 Å². The molecular weight excluding hydrogens is 296 g/mol. The van der Waals surface area contributed by atoms with E-state index in [0.717, 1.165) is 19.4 Å². The average molecular weight is 316 g/mol. The maximum Gasteiger partial charge on any atom is 0.329 e. The van der Waals surface area contributed by atoms with Crippen LogP contribution in [0.4, 0.5) is 5.95 Å². The van der Waals surface area contributed by atoms with Crippen LogP contribution in [0.5, 0.6) is 0 Å². The lowest BCUT2D eigenvalue weighted by Gasteiger charge is -2.31. The molecule has 0 saturated carbocycles. The molecule has 2 aromatic rings. The highest BCUT2D eigenvalue weighted by Crippen LogP contribution is 2.22. The zero-order valence-corrected chi connectivity index (χ0v) is 13.3. The maximum atomic E-state index is 12.3. The van der Waals surface area contributed by atoms with Crippen molar-refractivity contribution in [3.63, 3.8) is 0 Å². The molecule has 0 amide bonds. The Labute approximate surface area is 132 Å². The van der Waals surface area contributed by atoms with Gasteiger partial charge in [-0.25, -0.2) is 4.79 Å². The van der Waals surface area contributed by atoms with Gasteiger partial charge in [0.15, 0.2) is 11.2 Å². The molecule has 3 rings (SSSR count). The fraction of sp³-hybridized carbons (Fsp3) is 0.533. The highest BCUT2D eigenvalue weighted by molar-refractivity contribution is 5.74. The number of nitrogens with two attached hydrogens (primary N) is 1. The number of aryl methyl sites for hydroxylation is 1. The van der Waals surface area contributed by atoms with Crippen LogP contribution in [0.1, 0.15) is 19.8 Å². The monoisotopic (exact) mass is 316 g/mol. The SMILES string of the molecule is CC#CCn1c(N2CCCC(N)C2)nc2c1c(=O)[nH]c(=O)n2C. The average Bonchev–Trinajstić information content (AvgIpc) is 2.91. The molecular formula is C15H20N6O2. The predicted octanol–water partition coefficient (Wildman–Crippen LogP) is -0.626.